The number of guanidine groups is 2. The number of benzene rings is 2. The molecular weight excluding hydrogens is 340 g/mol. The highest BCUT2D eigenvalue weighted by molar-refractivity contribution is 6.30. The zero-order valence-electron chi connectivity index (χ0n) is 13.5. The van der Waals surface area contributed by atoms with Gasteiger partial charge in [-0.2, -0.15) is 4.99 Å². The van der Waals surface area contributed by atoms with Gasteiger partial charge in [0, 0.05) is 23.3 Å². The lowest BCUT2D eigenvalue weighted by Gasteiger charge is -2.32. The van der Waals surface area contributed by atoms with Gasteiger partial charge >= 0.3 is 0 Å². The summed E-state index contributed by atoms with van der Waals surface area (Å²) in [6.07, 6.45) is -0.468. The van der Waals surface area contributed by atoms with E-state index in [2.05, 4.69) is 15.3 Å². The Balaban J connectivity index is 1.97. The number of nitrogens with zero attached hydrogens (tertiary/aromatic N) is 3. The molecule has 2 aromatic rings. The number of carbonyl (C=O) groups excluding carboxylic acids is 1. The summed E-state index contributed by atoms with van der Waals surface area (Å²) in [7, 11) is 0. The molecule has 1 amide bonds. The van der Waals surface area contributed by atoms with Crippen molar-refractivity contribution in [1.29, 1.82) is 0 Å². The van der Waals surface area contributed by atoms with Crippen molar-refractivity contribution in [2.75, 3.05) is 10.2 Å². The molecule has 128 valence electrons. The molecule has 0 bridgehead atoms. The Morgan fingerprint density at radius 1 is 1.12 bits per heavy atom. The lowest BCUT2D eigenvalue weighted by Crippen LogP contribution is -2.44. The maximum Gasteiger partial charge on any atom is 0.221 e. The summed E-state index contributed by atoms with van der Waals surface area (Å²) >= 11 is 5.96. The van der Waals surface area contributed by atoms with Gasteiger partial charge in [0.15, 0.2) is 6.17 Å². The lowest BCUT2D eigenvalue weighted by molar-refractivity contribution is -0.114. The van der Waals surface area contributed by atoms with Crippen molar-refractivity contribution in [3.63, 3.8) is 0 Å². The highest BCUT2D eigenvalue weighted by Gasteiger charge is 2.27. The number of amides is 1. The molecule has 0 fully saturated rings. The van der Waals surface area contributed by atoms with Crippen LogP contribution >= 0.6 is 11.6 Å². The summed E-state index contributed by atoms with van der Waals surface area (Å²) in [6, 6.07) is 14.5. The summed E-state index contributed by atoms with van der Waals surface area (Å²) in [5, 5.41) is 3.35. The van der Waals surface area contributed by atoms with Crippen molar-refractivity contribution in [2.24, 2.45) is 21.5 Å². The van der Waals surface area contributed by atoms with E-state index in [-0.39, 0.29) is 17.8 Å². The molecular formula is C17H17ClN6O. The molecule has 1 aliphatic heterocycles. The van der Waals surface area contributed by atoms with Crippen LogP contribution in [-0.2, 0) is 4.79 Å². The van der Waals surface area contributed by atoms with E-state index in [0.717, 1.165) is 11.3 Å². The summed E-state index contributed by atoms with van der Waals surface area (Å²) in [6.45, 7) is 1.46. The van der Waals surface area contributed by atoms with E-state index in [1.54, 1.807) is 29.2 Å². The van der Waals surface area contributed by atoms with Crippen LogP contribution < -0.4 is 21.7 Å². The Morgan fingerprint density at radius 2 is 1.76 bits per heavy atom. The molecule has 0 saturated heterocycles. The van der Waals surface area contributed by atoms with E-state index in [1.807, 2.05) is 24.3 Å². The van der Waals surface area contributed by atoms with E-state index >= 15 is 0 Å². The first-order valence-electron chi connectivity index (χ1n) is 7.54. The van der Waals surface area contributed by atoms with Crippen LogP contribution in [0, 0.1) is 0 Å². The first-order valence-corrected chi connectivity index (χ1v) is 7.91. The Labute approximate surface area is 150 Å². The highest BCUT2D eigenvalue weighted by atomic mass is 35.5. The first kappa shape index (κ1) is 16.8. The van der Waals surface area contributed by atoms with Gasteiger partial charge < -0.3 is 16.8 Å². The molecule has 1 heterocycles. The van der Waals surface area contributed by atoms with Gasteiger partial charge in [-0.25, -0.2) is 4.99 Å². The predicted octanol–water partition coefficient (Wildman–Crippen LogP) is 2.45. The third kappa shape index (κ3) is 3.72. The van der Waals surface area contributed by atoms with Crippen molar-refractivity contribution in [1.82, 2.24) is 0 Å². The molecule has 0 aliphatic carbocycles. The molecule has 0 radical (unpaired) electrons. The van der Waals surface area contributed by atoms with Gasteiger partial charge in [-0.3, -0.25) is 9.69 Å². The molecule has 1 aliphatic rings. The van der Waals surface area contributed by atoms with Crippen molar-refractivity contribution in [2.45, 2.75) is 13.1 Å². The standard InChI is InChI=1S/C17H17ClN6O/c1-10(25)21-13-6-2-11(3-7-13)15-22-16(19)23-17(20)24(15)14-8-4-12(18)5-9-14/h2-9,15H,1H3,(H,21,25)(H4,19,20,22,23). The third-order valence-corrected chi connectivity index (χ3v) is 3.86. The SMILES string of the molecule is CC(=O)Nc1ccc(C2N=C(N)N=C(N)N2c2ccc(Cl)cc2)cc1. The molecule has 3 rings (SSSR count). The topological polar surface area (TPSA) is 109 Å². The predicted molar refractivity (Wildman–Crippen MR) is 101 cm³/mol. The minimum absolute atomic E-state index is 0.110. The summed E-state index contributed by atoms with van der Waals surface area (Å²) in [5.74, 6) is 0.219. The molecule has 7 nitrogen and oxygen atoms in total. The van der Waals surface area contributed by atoms with Gasteiger partial charge in [0.1, 0.15) is 0 Å². The van der Waals surface area contributed by atoms with Gasteiger partial charge in [0.05, 0.1) is 0 Å². The number of anilines is 2. The number of nitrogens with two attached hydrogens (primary N) is 2. The number of rotatable bonds is 3. The average Bonchev–Trinajstić information content (AvgIpc) is 2.55. The third-order valence-electron chi connectivity index (χ3n) is 3.61. The van der Waals surface area contributed by atoms with Gasteiger partial charge in [-0.1, -0.05) is 23.7 Å². The summed E-state index contributed by atoms with van der Waals surface area (Å²) in [4.78, 5) is 21.4. The van der Waals surface area contributed by atoms with Crippen LogP contribution in [0.15, 0.2) is 58.5 Å². The molecule has 1 atom stereocenters. The summed E-state index contributed by atoms with van der Waals surface area (Å²) in [5.41, 5.74) is 14.2. The minimum Gasteiger partial charge on any atom is -0.369 e. The van der Waals surface area contributed by atoms with Crippen molar-refractivity contribution in [3.8, 4) is 0 Å². The Bertz CT molecular complexity index is 844. The number of halogens is 1. The Kier molecular flexibility index (Phi) is 4.58. The fraction of sp³-hybridized carbons (Fsp3) is 0.118. The van der Waals surface area contributed by atoms with E-state index < -0.39 is 6.17 Å². The maximum atomic E-state index is 11.1. The highest BCUT2D eigenvalue weighted by Crippen LogP contribution is 2.31. The molecule has 5 N–H and O–H groups in total. The fourth-order valence-electron chi connectivity index (χ4n) is 2.55. The van der Waals surface area contributed by atoms with E-state index in [1.165, 1.54) is 6.92 Å². The van der Waals surface area contributed by atoms with Gasteiger partial charge in [0.2, 0.25) is 17.8 Å². The number of carbonyl (C=O) groups is 1. The molecule has 0 aromatic heterocycles. The van der Waals surface area contributed by atoms with Crippen LogP contribution in [0.25, 0.3) is 0 Å². The van der Waals surface area contributed by atoms with Crippen molar-refractivity contribution in [3.05, 3.63) is 59.1 Å². The van der Waals surface area contributed by atoms with Gasteiger partial charge in [-0.05, 0) is 42.0 Å². The molecule has 1 unspecified atom stereocenters. The van der Waals surface area contributed by atoms with E-state index in [4.69, 9.17) is 23.1 Å². The number of aliphatic imine (C=N–C) groups is 2. The normalized spacial score (nSPS) is 16.9. The van der Waals surface area contributed by atoms with Crippen LogP contribution in [-0.4, -0.2) is 17.8 Å². The van der Waals surface area contributed by atoms with Crippen LogP contribution in [0.2, 0.25) is 5.02 Å². The molecule has 8 heteroatoms. The van der Waals surface area contributed by atoms with Crippen LogP contribution in [0.4, 0.5) is 11.4 Å². The second-order valence-electron chi connectivity index (χ2n) is 5.48. The second kappa shape index (κ2) is 6.82. The maximum absolute atomic E-state index is 11.1. The number of hydrogen-bond donors (Lipinski definition) is 3. The smallest absolute Gasteiger partial charge is 0.221 e. The lowest BCUT2D eigenvalue weighted by atomic mass is 10.1. The van der Waals surface area contributed by atoms with Crippen molar-refractivity contribution < 1.29 is 4.79 Å². The van der Waals surface area contributed by atoms with Crippen LogP contribution in [0.1, 0.15) is 18.7 Å². The first-order chi connectivity index (χ1) is 11.9. The zero-order chi connectivity index (χ0) is 18.0. The molecule has 0 saturated carbocycles. The molecule has 0 spiro atoms. The number of hydrogen-bond acceptors (Lipinski definition) is 6. The monoisotopic (exact) mass is 356 g/mol. The Morgan fingerprint density at radius 3 is 2.36 bits per heavy atom. The van der Waals surface area contributed by atoms with Gasteiger partial charge in [0.25, 0.3) is 0 Å². The molecule has 2 aromatic carbocycles. The van der Waals surface area contributed by atoms with E-state index in [9.17, 15) is 4.79 Å². The zero-order valence-corrected chi connectivity index (χ0v) is 14.2. The quantitative estimate of drug-likeness (QED) is 0.784. The number of nitrogens with one attached hydrogen (secondary N) is 1. The largest absolute Gasteiger partial charge is 0.369 e. The van der Waals surface area contributed by atoms with Crippen molar-refractivity contribution >= 4 is 40.8 Å². The average molecular weight is 357 g/mol. The second-order valence-corrected chi connectivity index (χ2v) is 5.92. The Hall–Kier alpha value is -3.06. The fourth-order valence-corrected chi connectivity index (χ4v) is 2.68. The van der Waals surface area contributed by atoms with Gasteiger partial charge in [-0.15, -0.1) is 0 Å². The van der Waals surface area contributed by atoms with Crippen LogP contribution in [0.3, 0.4) is 0 Å². The minimum atomic E-state index is -0.468. The van der Waals surface area contributed by atoms with E-state index in [0.29, 0.717) is 10.7 Å². The summed E-state index contributed by atoms with van der Waals surface area (Å²) < 4.78 is 0. The van der Waals surface area contributed by atoms with Crippen LogP contribution in [0.5, 0.6) is 0 Å². The molecule has 25 heavy (non-hydrogen) atoms.